The molecule has 0 fully saturated rings. The molecule has 1 amide bonds. The van der Waals surface area contributed by atoms with Gasteiger partial charge in [-0.15, -0.1) is 0 Å². The summed E-state index contributed by atoms with van der Waals surface area (Å²) in [6.45, 7) is 1.87. The van der Waals surface area contributed by atoms with Crippen molar-refractivity contribution in [2.75, 3.05) is 11.9 Å². The van der Waals surface area contributed by atoms with Gasteiger partial charge in [0.25, 0.3) is 5.91 Å². The zero-order valence-electron chi connectivity index (χ0n) is 11.4. The first-order valence-corrected chi connectivity index (χ1v) is 6.59. The molecule has 21 heavy (non-hydrogen) atoms. The van der Waals surface area contributed by atoms with E-state index in [1.165, 1.54) is 18.2 Å². The van der Waals surface area contributed by atoms with Crippen LogP contribution in [0.5, 0.6) is 11.5 Å². The van der Waals surface area contributed by atoms with E-state index in [1.54, 1.807) is 19.1 Å². The Hall–Kier alpha value is -2.56. The molecule has 0 aromatic heterocycles. The van der Waals surface area contributed by atoms with Gasteiger partial charge in [-0.25, -0.2) is 4.39 Å². The molecule has 1 aliphatic heterocycles. The first kappa shape index (κ1) is 13.4. The summed E-state index contributed by atoms with van der Waals surface area (Å²) in [5.74, 6) is 0.509. The van der Waals surface area contributed by atoms with Crippen LogP contribution in [0.2, 0.25) is 0 Å². The molecule has 2 aromatic rings. The number of hydrogen-bond acceptors (Lipinski definition) is 3. The highest BCUT2D eigenvalue weighted by molar-refractivity contribution is 5.95. The van der Waals surface area contributed by atoms with E-state index < -0.39 is 6.10 Å². The van der Waals surface area contributed by atoms with E-state index in [0.29, 0.717) is 22.7 Å². The number of fused-ring (bicyclic) bond motifs is 1. The Morgan fingerprint density at radius 3 is 2.76 bits per heavy atom. The maximum Gasteiger partial charge on any atom is 0.269 e. The van der Waals surface area contributed by atoms with Crippen LogP contribution in [0.1, 0.15) is 5.56 Å². The summed E-state index contributed by atoms with van der Waals surface area (Å²) in [5.41, 5.74) is 1.21. The van der Waals surface area contributed by atoms with Gasteiger partial charge in [0.15, 0.2) is 11.5 Å². The number of carbonyl (C=O) groups is 1. The number of hydrogen-bond donors (Lipinski definition) is 1. The number of benzene rings is 2. The lowest BCUT2D eigenvalue weighted by Gasteiger charge is -2.25. The van der Waals surface area contributed by atoms with Crippen molar-refractivity contribution < 1.29 is 18.7 Å². The second-order valence-corrected chi connectivity index (χ2v) is 4.81. The molecule has 4 nitrogen and oxygen atoms in total. The lowest BCUT2D eigenvalue weighted by Crippen LogP contribution is -2.40. The Kier molecular flexibility index (Phi) is 3.48. The number of amides is 1. The summed E-state index contributed by atoms with van der Waals surface area (Å²) < 4.78 is 24.2. The molecule has 0 radical (unpaired) electrons. The fourth-order valence-corrected chi connectivity index (χ4v) is 2.13. The topological polar surface area (TPSA) is 47.6 Å². The van der Waals surface area contributed by atoms with Crippen molar-refractivity contribution in [3.05, 3.63) is 53.8 Å². The van der Waals surface area contributed by atoms with Gasteiger partial charge >= 0.3 is 0 Å². The lowest BCUT2D eigenvalue weighted by atomic mass is 10.2. The molecule has 2 aromatic carbocycles. The molecule has 3 rings (SSSR count). The zero-order valence-corrected chi connectivity index (χ0v) is 11.4. The Bertz CT molecular complexity index is 687. The lowest BCUT2D eigenvalue weighted by molar-refractivity contribution is -0.125. The van der Waals surface area contributed by atoms with Crippen LogP contribution in [0.3, 0.4) is 0 Å². The summed E-state index contributed by atoms with van der Waals surface area (Å²) in [7, 11) is 0. The molecule has 0 bridgehead atoms. The molecular formula is C16H14FNO3. The first-order valence-electron chi connectivity index (χ1n) is 6.59. The highest BCUT2D eigenvalue weighted by Gasteiger charge is 2.27. The second kappa shape index (κ2) is 5.44. The van der Waals surface area contributed by atoms with Crippen LogP contribution in [-0.4, -0.2) is 18.6 Å². The highest BCUT2D eigenvalue weighted by atomic mass is 19.1. The number of rotatable bonds is 2. The molecule has 1 heterocycles. The van der Waals surface area contributed by atoms with Crippen LogP contribution >= 0.6 is 0 Å². The minimum absolute atomic E-state index is 0.142. The van der Waals surface area contributed by atoms with E-state index in [2.05, 4.69) is 5.32 Å². The molecule has 0 unspecified atom stereocenters. The van der Waals surface area contributed by atoms with E-state index in [1.807, 2.05) is 12.1 Å². The van der Waals surface area contributed by atoms with E-state index in [4.69, 9.17) is 9.47 Å². The predicted molar refractivity (Wildman–Crippen MR) is 76.1 cm³/mol. The predicted octanol–water partition coefficient (Wildman–Crippen LogP) is 2.91. The fraction of sp³-hybridized carbons (Fsp3) is 0.188. The maximum atomic E-state index is 13.0. The van der Waals surface area contributed by atoms with Crippen molar-refractivity contribution >= 4 is 11.6 Å². The van der Waals surface area contributed by atoms with Gasteiger partial charge in [-0.2, -0.15) is 0 Å². The number of halogens is 1. The molecule has 1 N–H and O–H groups in total. The molecule has 1 atom stereocenters. The van der Waals surface area contributed by atoms with Crippen LogP contribution in [0, 0.1) is 12.7 Å². The van der Waals surface area contributed by atoms with Crippen LogP contribution in [0.25, 0.3) is 0 Å². The van der Waals surface area contributed by atoms with E-state index in [0.717, 1.165) is 0 Å². The van der Waals surface area contributed by atoms with Crippen LogP contribution < -0.4 is 14.8 Å². The first-order chi connectivity index (χ1) is 10.1. The molecule has 0 saturated heterocycles. The Morgan fingerprint density at radius 1 is 1.24 bits per heavy atom. The highest BCUT2D eigenvalue weighted by Crippen LogP contribution is 2.31. The SMILES string of the molecule is Cc1cc(F)ccc1NC(=O)[C@H]1COc2ccccc2O1. The summed E-state index contributed by atoms with van der Waals surface area (Å²) >= 11 is 0. The van der Waals surface area contributed by atoms with E-state index in [-0.39, 0.29) is 18.3 Å². The van der Waals surface area contributed by atoms with Gasteiger partial charge in [0.05, 0.1) is 0 Å². The number of carbonyl (C=O) groups excluding carboxylic acids is 1. The van der Waals surface area contributed by atoms with Crippen molar-refractivity contribution in [2.45, 2.75) is 13.0 Å². The molecular weight excluding hydrogens is 273 g/mol. The van der Waals surface area contributed by atoms with Gasteiger partial charge in [-0.05, 0) is 42.8 Å². The standard InChI is InChI=1S/C16H14FNO3/c1-10-8-11(17)6-7-12(10)18-16(19)15-9-20-13-4-2-3-5-14(13)21-15/h2-8,15H,9H2,1H3,(H,18,19)/t15-/m1/s1. The van der Waals surface area contributed by atoms with Crippen molar-refractivity contribution in [1.82, 2.24) is 0 Å². The average molecular weight is 287 g/mol. The molecule has 0 aliphatic carbocycles. The van der Waals surface area contributed by atoms with Gasteiger partial charge in [-0.3, -0.25) is 4.79 Å². The summed E-state index contributed by atoms with van der Waals surface area (Å²) in [5, 5.41) is 2.73. The number of para-hydroxylation sites is 2. The van der Waals surface area contributed by atoms with Gasteiger partial charge in [0.2, 0.25) is 6.10 Å². The number of aryl methyl sites for hydroxylation is 1. The van der Waals surface area contributed by atoms with Gasteiger partial charge in [0.1, 0.15) is 12.4 Å². The molecule has 5 heteroatoms. The summed E-state index contributed by atoms with van der Waals surface area (Å²) in [4.78, 5) is 12.2. The fourth-order valence-electron chi connectivity index (χ4n) is 2.13. The average Bonchev–Trinajstić information content (AvgIpc) is 2.49. The van der Waals surface area contributed by atoms with E-state index in [9.17, 15) is 9.18 Å². The smallest absolute Gasteiger partial charge is 0.269 e. The van der Waals surface area contributed by atoms with Crippen LogP contribution in [0.15, 0.2) is 42.5 Å². The molecule has 1 aliphatic rings. The number of ether oxygens (including phenoxy) is 2. The number of anilines is 1. The third kappa shape index (κ3) is 2.81. The Balaban J connectivity index is 1.72. The minimum Gasteiger partial charge on any atom is -0.485 e. The molecule has 108 valence electrons. The number of nitrogens with one attached hydrogen (secondary N) is 1. The maximum absolute atomic E-state index is 13.0. The van der Waals surface area contributed by atoms with Crippen molar-refractivity contribution in [3.63, 3.8) is 0 Å². The Labute approximate surface area is 121 Å². The zero-order chi connectivity index (χ0) is 14.8. The quantitative estimate of drug-likeness (QED) is 0.924. The summed E-state index contributed by atoms with van der Waals surface area (Å²) in [6.07, 6.45) is -0.732. The van der Waals surface area contributed by atoms with Crippen molar-refractivity contribution in [1.29, 1.82) is 0 Å². The van der Waals surface area contributed by atoms with Crippen LogP contribution in [0.4, 0.5) is 10.1 Å². The molecule has 0 saturated carbocycles. The second-order valence-electron chi connectivity index (χ2n) is 4.81. The third-order valence-electron chi connectivity index (χ3n) is 3.25. The monoisotopic (exact) mass is 287 g/mol. The van der Waals surface area contributed by atoms with Crippen LogP contribution in [-0.2, 0) is 4.79 Å². The van der Waals surface area contributed by atoms with Gasteiger partial charge in [0, 0.05) is 5.69 Å². The van der Waals surface area contributed by atoms with Gasteiger partial charge < -0.3 is 14.8 Å². The largest absolute Gasteiger partial charge is 0.485 e. The Morgan fingerprint density at radius 2 is 2.00 bits per heavy atom. The van der Waals surface area contributed by atoms with E-state index >= 15 is 0 Å². The third-order valence-corrected chi connectivity index (χ3v) is 3.25. The van der Waals surface area contributed by atoms with Gasteiger partial charge in [-0.1, -0.05) is 12.1 Å². The summed E-state index contributed by atoms with van der Waals surface area (Å²) in [6, 6.07) is 11.4. The van der Waals surface area contributed by atoms with Crippen molar-refractivity contribution in [2.24, 2.45) is 0 Å². The molecule has 0 spiro atoms. The normalized spacial score (nSPS) is 16.4. The minimum atomic E-state index is -0.732. The van der Waals surface area contributed by atoms with Crippen molar-refractivity contribution in [3.8, 4) is 11.5 Å².